The van der Waals surface area contributed by atoms with E-state index in [0.29, 0.717) is 6.54 Å². The summed E-state index contributed by atoms with van der Waals surface area (Å²) in [5, 5.41) is 0.282. The number of hydrogen-bond donors (Lipinski definition) is 0. The van der Waals surface area contributed by atoms with Crippen LogP contribution in [0.4, 0.5) is 0 Å². The number of benzene rings is 1. The van der Waals surface area contributed by atoms with Gasteiger partial charge < -0.3 is 4.74 Å². The van der Waals surface area contributed by atoms with Crippen LogP contribution in [0.3, 0.4) is 0 Å². The highest BCUT2D eigenvalue weighted by atomic mass is 32.2. The minimum absolute atomic E-state index is 0.159. The van der Waals surface area contributed by atoms with Gasteiger partial charge in [-0.2, -0.15) is 0 Å². The number of rotatable bonds is 3. The van der Waals surface area contributed by atoms with Gasteiger partial charge in [-0.05, 0) is 17.7 Å². The van der Waals surface area contributed by atoms with E-state index in [9.17, 15) is 4.79 Å². The molecule has 0 spiro atoms. The lowest BCUT2D eigenvalue weighted by Gasteiger charge is -2.34. The quantitative estimate of drug-likeness (QED) is 0.771. The number of esters is 1. The van der Waals surface area contributed by atoms with Gasteiger partial charge in [-0.1, -0.05) is 30.3 Å². The predicted molar refractivity (Wildman–Crippen MR) is 69.8 cm³/mol. The Morgan fingerprint density at radius 3 is 2.94 bits per heavy atom. The van der Waals surface area contributed by atoms with Gasteiger partial charge in [0.15, 0.2) is 0 Å². The Kier molecular flexibility index (Phi) is 4.45. The Bertz CT molecular complexity index is 369. The Morgan fingerprint density at radius 2 is 2.24 bits per heavy atom. The summed E-state index contributed by atoms with van der Waals surface area (Å²) >= 11 is 1.90. The van der Waals surface area contributed by atoms with Gasteiger partial charge in [0.1, 0.15) is 0 Å². The molecule has 2 rings (SSSR count). The first kappa shape index (κ1) is 12.5. The van der Waals surface area contributed by atoms with Crippen LogP contribution in [0.25, 0.3) is 0 Å². The van der Waals surface area contributed by atoms with Gasteiger partial charge in [0, 0.05) is 6.54 Å². The largest absolute Gasteiger partial charge is 0.468 e. The Balaban J connectivity index is 2.09. The third kappa shape index (κ3) is 3.23. The highest BCUT2D eigenvalue weighted by Crippen LogP contribution is 2.36. The maximum absolute atomic E-state index is 11.4. The molecule has 1 aromatic carbocycles. The van der Waals surface area contributed by atoms with E-state index in [4.69, 9.17) is 4.74 Å². The van der Waals surface area contributed by atoms with Crippen molar-refractivity contribution in [3.63, 3.8) is 0 Å². The van der Waals surface area contributed by atoms with Crippen LogP contribution in [0.2, 0.25) is 0 Å². The van der Waals surface area contributed by atoms with Crippen LogP contribution in [0.5, 0.6) is 0 Å². The molecule has 92 valence electrons. The van der Waals surface area contributed by atoms with Crippen molar-refractivity contribution in [2.45, 2.75) is 11.8 Å². The summed E-state index contributed by atoms with van der Waals surface area (Å²) < 4.78 is 4.75. The highest BCUT2D eigenvalue weighted by Gasteiger charge is 2.26. The van der Waals surface area contributed by atoms with Gasteiger partial charge in [-0.15, -0.1) is 11.8 Å². The second-order valence-corrected chi connectivity index (χ2v) is 5.22. The topological polar surface area (TPSA) is 29.5 Å². The third-order valence-corrected chi connectivity index (χ3v) is 4.25. The smallest absolute Gasteiger partial charge is 0.319 e. The van der Waals surface area contributed by atoms with E-state index in [-0.39, 0.29) is 11.3 Å². The second-order valence-electron chi connectivity index (χ2n) is 4.03. The number of carbonyl (C=O) groups excluding carboxylic acids is 1. The molecule has 1 saturated heterocycles. The zero-order valence-electron chi connectivity index (χ0n) is 9.96. The molecule has 0 N–H and O–H groups in total. The SMILES string of the molecule is COC(=O)CN1CCCSC1c1ccccc1. The highest BCUT2D eigenvalue weighted by molar-refractivity contribution is 7.99. The van der Waals surface area contributed by atoms with E-state index < -0.39 is 0 Å². The lowest BCUT2D eigenvalue weighted by atomic mass is 10.2. The average Bonchev–Trinajstić information content (AvgIpc) is 2.40. The summed E-state index contributed by atoms with van der Waals surface area (Å²) in [5.74, 6) is 0.991. The molecule has 0 bridgehead atoms. The first-order valence-corrected chi connectivity index (χ1v) is 6.83. The minimum Gasteiger partial charge on any atom is -0.468 e. The van der Waals surface area contributed by atoms with Crippen molar-refractivity contribution in [1.29, 1.82) is 0 Å². The number of nitrogens with zero attached hydrogens (tertiary/aromatic N) is 1. The van der Waals surface area contributed by atoms with E-state index in [1.54, 1.807) is 0 Å². The molecule has 1 aromatic rings. The molecular formula is C13H17NO2S. The summed E-state index contributed by atoms with van der Waals surface area (Å²) in [6.45, 7) is 1.34. The van der Waals surface area contributed by atoms with Crippen LogP contribution in [0, 0.1) is 0 Å². The number of methoxy groups -OCH3 is 1. The summed E-state index contributed by atoms with van der Waals surface area (Å²) in [6, 6.07) is 10.3. The summed E-state index contributed by atoms with van der Waals surface area (Å²) in [7, 11) is 1.44. The number of carbonyl (C=O) groups is 1. The van der Waals surface area contributed by atoms with Crippen molar-refractivity contribution in [1.82, 2.24) is 4.90 Å². The molecule has 0 saturated carbocycles. The minimum atomic E-state index is -0.159. The Hall–Kier alpha value is -1.00. The molecule has 0 amide bonds. The van der Waals surface area contributed by atoms with Crippen molar-refractivity contribution in [3.05, 3.63) is 35.9 Å². The standard InChI is InChI=1S/C13H17NO2S/c1-16-12(15)10-14-8-5-9-17-13(14)11-6-3-2-4-7-11/h2-4,6-7,13H,5,8-10H2,1H3. The van der Waals surface area contributed by atoms with Crippen LogP contribution in [0.1, 0.15) is 17.4 Å². The van der Waals surface area contributed by atoms with E-state index >= 15 is 0 Å². The lowest BCUT2D eigenvalue weighted by Crippen LogP contribution is -2.36. The maximum Gasteiger partial charge on any atom is 0.319 e. The molecule has 1 aliphatic heterocycles. The van der Waals surface area contributed by atoms with E-state index in [2.05, 4.69) is 17.0 Å². The van der Waals surface area contributed by atoms with Gasteiger partial charge in [0.05, 0.1) is 19.0 Å². The Labute approximate surface area is 106 Å². The van der Waals surface area contributed by atoms with Gasteiger partial charge in [0.2, 0.25) is 0 Å². The van der Waals surface area contributed by atoms with Gasteiger partial charge in [-0.3, -0.25) is 9.69 Å². The van der Waals surface area contributed by atoms with Crippen LogP contribution < -0.4 is 0 Å². The lowest BCUT2D eigenvalue weighted by molar-refractivity contribution is -0.142. The van der Waals surface area contributed by atoms with Crippen LogP contribution in [-0.2, 0) is 9.53 Å². The molecule has 17 heavy (non-hydrogen) atoms. The van der Waals surface area contributed by atoms with Gasteiger partial charge in [-0.25, -0.2) is 0 Å². The third-order valence-electron chi connectivity index (χ3n) is 2.84. The molecule has 1 heterocycles. The average molecular weight is 251 g/mol. The normalized spacial score (nSPS) is 21.1. The van der Waals surface area contributed by atoms with Crippen LogP contribution in [0.15, 0.2) is 30.3 Å². The molecule has 3 nitrogen and oxygen atoms in total. The zero-order chi connectivity index (χ0) is 12.1. The maximum atomic E-state index is 11.4. The van der Waals surface area contributed by atoms with Crippen molar-refractivity contribution in [2.24, 2.45) is 0 Å². The van der Waals surface area contributed by atoms with Crippen LogP contribution in [-0.4, -0.2) is 36.8 Å². The van der Waals surface area contributed by atoms with Crippen molar-refractivity contribution in [3.8, 4) is 0 Å². The van der Waals surface area contributed by atoms with Crippen molar-refractivity contribution in [2.75, 3.05) is 26.0 Å². The summed E-state index contributed by atoms with van der Waals surface area (Å²) in [6.07, 6.45) is 1.13. The zero-order valence-corrected chi connectivity index (χ0v) is 10.8. The monoisotopic (exact) mass is 251 g/mol. The van der Waals surface area contributed by atoms with E-state index in [1.165, 1.54) is 12.7 Å². The fraction of sp³-hybridized carbons (Fsp3) is 0.462. The summed E-state index contributed by atoms with van der Waals surface area (Å²) in [5.41, 5.74) is 1.26. The fourth-order valence-electron chi connectivity index (χ4n) is 2.00. The first-order chi connectivity index (χ1) is 8.31. The number of thioether (sulfide) groups is 1. The molecular weight excluding hydrogens is 234 g/mol. The van der Waals surface area contributed by atoms with Gasteiger partial charge >= 0.3 is 5.97 Å². The van der Waals surface area contributed by atoms with E-state index in [0.717, 1.165) is 18.7 Å². The molecule has 0 aliphatic carbocycles. The van der Waals surface area contributed by atoms with Crippen molar-refractivity contribution >= 4 is 17.7 Å². The molecule has 1 unspecified atom stereocenters. The first-order valence-electron chi connectivity index (χ1n) is 5.78. The molecule has 1 fully saturated rings. The van der Waals surface area contributed by atoms with E-state index in [1.807, 2.05) is 30.0 Å². The molecule has 1 atom stereocenters. The van der Waals surface area contributed by atoms with Crippen LogP contribution >= 0.6 is 11.8 Å². The predicted octanol–water partition coefficient (Wildman–Crippen LogP) is 2.30. The number of hydrogen-bond acceptors (Lipinski definition) is 4. The van der Waals surface area contributed by atoms with Crippen molar-refractivity contribution < 1.29 is 9.53 Å². The van der Waals surface area contributed by atoms with Gasteiger partial charge in [0.25, 0.3) is 0 Å². The fourth-order valence-corrected chi connectivity index (χ4v) is 3.26. The molecule has 0 aromatic heterocycles. The molecule has 0 radical (unpaired) electrons. The number of ether oxygens (including phenoxy) is 1. The Morgan fingerprint density at radius 1 is 1.47 bits per heavy atom. The summed E-state index contributed by atoms with van der Waals surface area (Å²) in [4.78, 5) is 13.6. The molecule has 4 heteroatoms. The molecule has 1 aliphatic rings. The second kappa shape index (κ2) is 6.07.